The quantitative estimate of drug-likeness (QED) is 0.770. The Labute approximate surface area is 131 Å². The molecule has 19 heavy (non-hydrogen) atoms. The number of nitrogens with zero attached hydrogens (tertiary/aromatic N) is 2. The van der Waals surface area contributed by atoms with Crippen LogP contribution in [-0.4, -0.2) is 16.5 Å². The Morgan fingerprint density at radius 1 is 1.21 bits per heavy atom. The molecular weight excluding hydrogens is 375 g/mol. The largest absolute Gasteiger partial charge is 0.370 e. The lowest BCUT2D eigenvalue weighted by atomic mass is 10.3. The molecule has 0 amide bonds. The first kappa shape index (κ1) is 14.3. The van der Waals surface area contributed by atoms with E-state index in [9.17, 15) is 0 Å². The molecule has 2 rings (SSSR count). The first-order chi connectivity index (χ1) is 9.08. The third kappa shape index (κ3) is 3.94. The average Bonchev–Trinajstić information content (AvgIpc) is 2.32. The Balaban J connectivity index is 2.27. The molecule has 0 aliphatic heterocycles. The van der Waals surface area contributed by atoms with Crippen LogP contribution >= 0.6 is 34.2 Å². The van der Waals surface area contributed by atoms with Crippen molar-refractivity contribution < 1.29 is 0 Å². The van der Waals surface area contributed by atoms with Gasteiger partial charge in [0.15, 0.2) is 0 Å². The van der Waals surface area contributed by atoms with Gasteiger partial charge in [0.25, 0.3) is 0 Å². The summed E-state index contributed by atoms with van der Waals surface area (Å²) in [5.41, 5.74) is 0.836. The number of hydrogen-bond donors (Lipinski definition) is 2. The highest BCUT2D eigenvalue weighted by molar-refractivity contribution is 14.1. The molecule has 0 spiro atoms. The number of hydrogen-bond acceptors (Lipinski definition) is 4. The Hall–Kier alpha value is -1.08. The second-order valence-corrected chi connectivity index (χ2v) is 5.62. The second-order valence-electron chi connectivity index (χ2n) is 3.97. The van der Waals surface area contributed by atoms with Crippen molar-refractivity contribution in [3.63, 3.8) is 0 Å². The van der Waals surface area contributed by atoms with Crippen LogP contribution < -0.4 is 10.6 Å². The van der Waals surface area contributed by atoms with Crippen LogP contribution in [-0.2, 0) is 0 Å². The fraction of sp³-hybridized carbons (Fsp3) is 0.231. The van der Waals surface area contributed by atoms with Gasteiger partial charge in [0.2, 0.25) is 0 Å². The molecule has 0 fully saturated rings. The summed E-state index contributed by atoms with van der Waals surface area (Å²) in [5, 5.41) is 7.06. The molecule has 0 saturated heterocycles. The van der Waals surface area contributed by atoms with Gasteiger partial charge in [0, 0.05) is 16.2 Å². The van der Waals surface area contributed by atoms with Crippen molar-refractivity contribution in [2.45, 2.75) is 13.8 Å². The minimum absolute atomic E-state index is 0.674. The van der Waals surface area contributed by atoms with Crippen molar-refractivity contribution in [3.8, 4) is 0 Å². The van der Waals surface area contributed by atoms with E-state index >= 15 is 0 Å². The van der Waals surface area contributed by atoms with Gasteiger partial charge in [-0.25, -0.2) is 9.97 Å². The highest BCUT2D eigenvalue weighted by Gasteiger charge is 2.05. The molecule has 0 radical (unpaired) electrons. The SMILES string of the molecule is CCNc1cc(Nc2ccc(I)cc2Cl)nc(C)n1. The molecule has 1 aromatic carbocycles. The van der Waals surface area contributed by atoms with Crippen LogP contribution in [0.2, 0.25) is 5.02 Å². The van der Waals surface area contributed by atoms with Crippen LogP contribution in [0.15, 0.2) is 24.3 Å². The van der Waals surface area contributed by atoms with Crippen LogP contribution in [0.1, 0.15) is 12.7 Å². The van der Waals surface area contributed by atoms with E-state index in [0.717, 1.165) is 27.4 Å². The molecule has 0 unspecified atom stereocenters. The summed E-state index contributed by atoms with van der Waals surface area (Å²) in [6.45, 7) is 4.71. The van der Waals surface area contributed by atoms with E-state index < -0.39 is 0 Å². The monoisotopic (exact) mass is 388 g/mol. The minimum atomic E-state index is 0.674. The predicted molar refractivity (Wildman–Crippen MR) is 88.4 cm³/mol. The summed E-state index contributed by atoms with van der Waals surface area (Å²) in [6.07, 6.45) is 0. The first-order valence-electron chi connectivity index (χ1n) is 5.90. The third-order valence-corrected chi connectivity index (χ3v) is 3.37. The summed E-state index contributed by atoms with van der Waals surface area (Å²) >= 11 is 8.42. The summed E-state index contributed by atoms with van der Waals surface area (Å²) in [7, 11) is 0. The topological polar surface area (TPSA) is 49.8 Å². The summed E-state index contributed by atoms with van der Waals surface area (Å²) < 4.78 is 1.10. The van der Waals surface area contributed by atoms with Gasteiger partial charge >= 0.3 is 0 Å². The van der Waals surface area contributed by atoms with Crippen LogP contribution in [0, 0.1) is 10.5 Å². The zero-order valence-corrected chi connectivity index (χ0v) is 13.6. The number of rotatable bonds is 4. The Bertz CT molecular complexity index is 589. The predicted octanol–water partition coefficient (Wildman–Crippen LogP) is 4.22. The van der Waals surface area contributed by atoms with E-state index in [2.05, 4.69) is 43.2 Å². The van der Waals surface area contributed by atoms with Crippen LogP contribution in [0.3, 0.4) is 0 Å². The molecule has 2 N–H and O–H groups in total. The lowest BCUT2D eigenvalue weighted by molar-refractivity contribution is 1.04. The van der Waals surface area contributed by atoms with Gasteiger partial charge in [-0.1, -0.05) is 11.6 Å². The fourth-order valence-corrected chi connectivity index (χ4v) is 2.54. The lowest BCUT2D eigenvalue weighted by Gasteiger charge is -2.10. The van der Waals surface area contributed by atoms with Gasteiger partial charge in [-0.3, -0.25) is 0 Å². The maximum Gasteiger partial charge on any atom is 0.136 e. The van der Waals surface area contributed by atoms with E-state index in [1.807, 2.05) is 38.1 Å². The number of halogens is 2. The molecular formula is C13H14ClIN4. The second kappa shape index (κ2) is 6.38. The summed E-state index contributed by atoms with van der Waals surface area (Å²) in [6, 6.07) is 7.71. The Morgan fingerprint density at radius 2 is 1.95 bits per heavy atom. The molecule has 0 atom stereocenters. The number of aromatic nitrogens is 2. The smallest absolute Gasteiger partial charge is 0.136 e. The first-order valence-corrected chi connectivity index (χ1v) is 7.36. The molecule has 4 nitrogen and oxygen atoms in total. The van der Waals surface area contributed by atoms with Crippen molar-refractivity contribution in [2.24, 2.45) is 0 Å². The van der Waals surface area contributed by atoms with E-state index in [-0.39, 0.29) is 0 Å². The molecule has 6 heteroatoms. The minimum Gasteiger partial charge on any atom is -0.370 e. The van der Waals surface area contributed by atoms with Crippen molar-refractivity contribution in [2.75, 3.05) is 17.2 Å². The summed E-state index contributed by atoms with van der Waals surface area (Å²) in [5.74, 6) is 2.24. The van der Waals surface area contributed by atoms with Crippen LogP contribution in [0.4, 0.5) is 17.3 Å². The number of aryl methyl sites for hydroxylation is 1. The Kier molecular flexibility index (Phi) is 4.81. The average molecular weight is 389 g/mol. The molecule has 0 saturated carbocycles. The van der Waals surface area contributed by atoms with Crippen LogP contribution in [0.5, 0.6) is 0 Å². The van der Waals surface area contributed by atoms with Crippen molar-refractivity contribution >= 4 is 51.5 Å². The van der Waals surface area contributed by atoms with Crippen molar-refractivity contribution in [1.29, 1.82) is 0 Å². The zero-order valence-electron chi connectivity index (χ0n) is 10.7. The molecule has 1 aromatic heterocycles. The van der Waals surface area contributed by atoms with Gasteiger partial charge in [0.05, 0.1) is 10.7 Å². The Morgan fingerprint density at radius 3 is 2.63 bits per heavy atom. The van der Waals surface area contributed by atoms with Gasteiger partial charge in [-0.05, 0) is 54.6 Å². The maximum atomic E-state index is 6.19. The molecule has 0 aliphatic carbocycles. The zero-order chi connectivity index (χ0) is 13.8. The normalized spacial score (nSPS) is 10.3. The summed E-state index contributed by atoms with van der Waals surface area (Å²) in [4.78, 5) is 8.66. The maximum absolute atomic E-state index is 6.19. The standard InChI is InChI=1S/C13H14ClIN4/c1-3-16-12-7-13(18-8(2)17-12)19-11-5-4-9(15)6-10(11)14/h4-7H,3H2,1-2H3,(H2,16,17,18,19). The number of benzene rings is 1. The van der Waals surface area contributed by atoms with Crippen LogP contribution in [0.25, 0.3) is 0 Å². The van der Waals surface area contributed by atoms with E-state index in [1.165, 1.54) is 0 Å². The number of nitrogens with one attached hydrogen (secondary N) is 2. The van der Waals surface area contributed by atoms with Gasteiger partial charge < -0.3 is 10.6 Å². The highest BCUT2D eigenvalue weighted by Crippen LogP contribution is 2.27. The van der Waals surface area contributed by atoms with E-state index in [4.69, 9.17) is 11.6 Å². The van der Waals surface area contributed by atoms with E-state index in [1.54, 1.807) is 0 Å². The molecule has 2 aromatic rings. The molecule has 0 aliphatic rings. The van der Waals surface area contributed by atoms with Gasteiger partial charge in [-0.2, -0.15) is 0 Å². The highest BCUT2D eigenvalue weighted by atomic mass is 127. The van der Waals surface area contributed by atoms with Gasteiger partial charge in [-0.15, -0.1) is 0 Å². The fourth-order valence-electron chi connectivity index (χ4n) is 1.63. The van der Waals surface area contributed by atoms with E-state index in [0.29, 0.717) is 10.8 Å². The van der Waals surface area contributed by atoms with Crippen molar-refractivity contribution in [3.05, 3.63) is 38.7 Å². The van der Waals surface area contributed by atoms with Crippen molar-refractivity contribution in [1.82, 2.24) is 9.97 Å². The third-order valence-electron chi connectivity index (χ3n) is 2.39. The van der Waals surface area contributed by atoms with Gasteiger partial charge in [0.1, 0.15) is 17.5 Å². The molecule has 0 bridgehead atoms. The number of anilines is 3. The lowest BCUT2D eigenvalue weighted by Crippen LogP contribution is -2.04. The molecule has 100 valence electrons. The molecule has 1 heterocycles.